The lowest BCUT2D eigenvalue weighted by Crippen LogP contribution is -2.46. The first-order valence-corrected chi connectivity index (χ1v) is 7.23. The van der Waals surface area contributed by atoms with E-state index in [1.54, 1.807) is 0 Å². The van der Waals surface area contributed by atoms with Gasteiger partial charge in [-0.25, -0.2) is 0 Å². The maximum absolute atomic E-state index is 5.70. The third-order valence-corrected chi connectivity index (χ3v) is 3.33. The molecule has 1 heterocycles. The molecule has 0 spiro atoms. The van der Waals surface area contributed by atoms with E-state index in [0.717, 1.165) is 26.2 Å². The third kappa shape index (κ3) is 6.72. The molecular formula is C15H32N2O. The Morgan fingerprint density at radius 1 is 1.22 bits per heavy atom. The van der Waals surface area contributed by atoms with E-state index in [4.69, 9.17) is 4.74 Å². The van der Waals surface area contributed by atoms with Gasteiger partial charge in [0, 0.05) is 31.8 Å². The quantitative estimate of drug-likeness (QED) is 0.790. The summed E-state index contributed by atoms with van der Waals surface area (Å²) in [5.74, 6) is 0. The molecule has 1 aliphatic rings. The summed E-state index contributed by atoms with van der Waals surface area (Å²) in [7, 11) is 2.21. The van der Waals surface area contributed by atoms with Crippen molar-refractivity contribution < 1.29 is 4.74 Å². The van der Waals surface area contributed by atoms with Gasteiger partial charge in [-0.15, -0.1) is 0 Å². The molecule has 108 valence electrons. The first-order valence-electron chi connectivity index (χ1n) is 7.23. The number of ether oxygens (including phenoxy) is 1. The normalized spacial score (nSPS) is 21.8. The second kappa shape index (κ2) is 6.36. The van der Waals surface area contributed by atoms with E-state index >= 15 is 0 Å². The van der Waals surface area contributed by atoms with Crippen molar-refractivity contribution in [3.63, 3.8) is 0 Å². The van der Waals surface area contributed by atoms with Crippen molar-refractivity contribution in [3.8, 4) is 0 Å². The predicted molar refractivity (Wildman–Crippen MR) is 78.0 cm³/mol. The van der Waals surface area contributed by atoms with Crippen molar-refractivity contribution in [2.75, 3.05) is 33.3 Å². The van der Waals surface area contributed by atoms with Crippen LogP contribution in [0.25, 0.3) is 0 Å². The molecule has 1 saturated heterocycles. The zero-order valence-electron chi connectivity index (χ0n) is 13.2. The van der Waals surface area contributed by atoms with E-state index in [0.29, 0.717) is 11.5 Å². The Balaban J connectivity index is 2.29. The Hall–Kier alpha value is -0.120. The van der Waals surface area contributed by atoms with Gasteiger partial charge in [0.25, 0.3) is 0 Å². The molecular weight excluding hydrogens is 224 g/mol. The van der Waals surface area contributed by atoms with Crippen molar-refractivity contribution >= 4 is 0 Å². The van der Waals surface area contributed by atoms with Gasteiger partial charge in [0.2, 0.25) is 0 Å². The maximum atomic E-state index is 5.70. The number of rotatable bonds is 6. The van der Waals surface area contributed by atoms with Crippen molar-refractivity contribution in [2.45, 2.75) is 59.1 Å². The summed E-state index contributed by atoms with van der Waals surface area (Å²) in [5, 5.41) is 3.60. The fourth-order valence-corrected chi connectivity index (χ4v) is 2.49. The van der Waals surface area contributed by atoms with Crippen molar-refractivity contribution in [1.29, 1.82) is 0 Å². The minimum absolute atomic E-state index is 0.199. The average Bonchev–Trinajstić information content (AvgIpc) is 2.65. The van der Waals surface area contributed by atoms with Gasteiger partial charge in [-0.1, -0.05) is 13.8 Å². The Bertz CT molecular complexity index is 239. The molecule has 0 aromatic rings. The highest BCUT2D eigenvalue weighted by atomic mass is 16.5. The summed E-state index contributed by atoms with van der Waals surface area (Å²) in [4.78, 5) is 2.42. The van der Waals surface area contributed by atoms with Crippen LogP contribution in [-0.4, -0.2) is 49.8 Å². The Morgan fingerprint density at radius 3 is 2.39 bits per heavy atom. The van der Waals surface area contributed by atoms with E-state index in [1.165, 1.54) is 12.8 Å². The van der Waals surface area contributed by atoms with Crippen LogP contribution in [-0.2, 0) is 4.74 Å². The summed E-state index contributed by atoms with van der Waals surface area (Å²) in [6.07, 6.45) is 2.92. The van der Waals surface area contributed by atoms with E-state index in [-0.39, 0.29) is 5.54 Å². The lowest BCUT2D eigenvalue weighted by Gasteiger charge is -2.34. The van der Waals surface area contributed by atoms with Crippen LogP contribution in [0.2, 0.25) is 0 Å². The summed E-state index contributed by atoms with van der Waals surface area (Å²) < 4.78 is 5.70. The predicted octanol–water partition coefficient (Wildman–Crippen LogP) is 2.51. The molecule has 0 aliphatic carbocycles. The van der Waals surface area contributed by atoms with Crippen molar-refractivity contribution in [3.05, 3.63) is 0 Å². The highest BCUT2D eigenvalue weighted by Crippen LogP contribution is 2.19. The van der Waals surface area contributed by atoms with Crippen LogP contribution in [0.5, 0.6) is 0 Å². The molecule has 1 rings (SSSR count). The fraction of sp³-hybridized carbons (Fsp3) is 1.00. The molecule has 3 nitrogen and oxygen atoms in total. The SMILES string of the molecule is CN(CC1CCCO1)CC(C)(C)CNC(C)(C)C. The van der Waals surface area contributed by atoms with Crippen LogP contribution in [0.3, 0.4) is 0 Å². The molecule has 1 unspecified atom stereocenters. The fourth-order valence-electron chi connectivity index (χ4n) is 2.49. The Morgan fingerprint density at radius 2 is 1.89 bits per heavy atom. The molecule has 18 heavy (non-hydrogen) atoms. The first kappa shape index (κ1) is 15.9. The number of hydrogen-bond acceptors (Lipinski definition) is 3. The van der Waals surface area contributed by atoms with Crippen LogP contribution in [0.15, 0.2) is 0 Å². The minimum atomic E-state index is 0.199. The molecule has 1 fully saturated rings. The van der Waals surface area contributed by atoms with Gasteiger partial charge in [0.1, 0.15) is 0 Å². The van der Waals surface area contributed by atoms with Crippen molar-refractivity contribution in [1.82, 2.24) is 10.2 Å². The molecule has 1 aliphatic heterocycles. The molecule has 1 atom stereocenters. The molecule has 0 aromatic carbocycles. The third-order valence-electron chi connectivity index (χ3n) is 3.33. The largest absolute Gasteiger partial charge is 0.377 e. The van der Waals surface area contributed by atoms with Crippen LogP contribution in [0.4, 0.5) is 0 Å². The molecule has 1 N–H and O–H groups in total. The first-order chi connectivity index (χ1) is 8.18. The van der Waals surface area contributed by atoms with Crippen molar-refractivity contribution in [2.24, 2.45) is 5.41 Å². The number of hydrogen-bond donors (Lipinski definition) is 1. The van der Waals surface area contributed by atoms with Gasteiger partial charge in [0.05, 0.1) is 6.10 Å². The van der Waals surface area contributed by atoms with E-state index in [1.807, 2.05) is 0 Å². The van der Waals surface area contributed by atoms with Gasteiger partial charge in [-0.2, -0.15) is 0 Å². The molecule has 0 radical (unpaired) electrons. The summed E-state index contributed by atoms with van der Waals surface area (Å²) in [6, 6.07) is 0. The maximum Gasteiger partial charge on any atom is 0.0702 e. The number of nitrogens with zero attached hydrogens (tertiary/aromatic N) is 1. The summed E-state index contributed by atoms with van der Waals surface area (Å²) in [5.41, 5.74) is 0.491. The molecule has 0 aromatic heterocycles. The second-order valence-corrected chi connectivity index (χ2v) is 7.60. The summed E-state index contributed by atoms with van der Waals surface area (Å²) >= 11 is 0. The molecule has 3 heteroatoms. The van der Waals surface area contributed by atoms with Crippen LogP contribution in [0.1, 0.15) is 47.5 Å². The van der Waals surface area contributed by atoms with Gasteiger partial charge in [-0.05, 0) is 46.1 Å². The highest BCUT2D eigenvalue weighted by molar-refractivity contribution is 4.81. The number of likely N-dealkylation sites (N-methyl/N-ethyl adjacent to an activating group) is 1. The second-order valence-electron chi connectivity index (χ2n) is 7.60. The van der Waals surface area contributed by atoms with Crippen LogP contribution in [0, 0.1) is 5.41 Å². The molecule has 0 amide bonds. The van der Waals surface area contributed by atoms with E-state index in [2.05, 4.69) is 51.9 Å². The Labute approximate surface area is 113 Å². The Kier molecular flexibility index (Phi) is 5.63. The summed E-state index contributed by atoms with van der Waals surface area (Å²) in [6.45, 7) is 15.5. The van der Waals surface area contributed by atoms with Crippen LogP contribution < -0.4 is 5.32 Å². The topological polar surface area (TPSA) is 24.5 Å². The van der Waals surface area contributed by atoms with Gasteiger partial charge < -0.3 is 15.0 Å². The lowest BCUT2D eigenvalue weighted by molar-refractivity contribution is 0.0686. The van der Waals surface area contributed by atoms with E-state index < -0.39 is 0 Å². The number of nitrogens with one attached hydrogen (secondary N) is 1. The van der Waals surface area contributed by atoms with Gasteiger partial charge in [0.15, 0.2) is 0 Å². The molecule has 0 saturated carbocycles. The van der Waals surface area contributed by atoms with Gasteiger partial charge in [-0.3, -0.25) is 0 Å². The highest BCUT2D eigenvalue weighted by Gasteiger charge is 2.24. The van der Waals surface area contributed by atoms with E-state index in [9.17, 15) is 0 Å². The zero-order valence-corrected chi connectivity index (χ0v) is 13.2. The monoisotopic (exact) mass is 256 g/mol. The molecule has 0 bridgehead atoms. The van der Waals surface area contributed by atoms with Crippen LogP contribution >= 0.6 is 0 Å². The smallest absolute Gasteiger partial charge is 0.0702 e. The zero-order chi connectivity index (χ0) is 13.8. The standard InChI is InChI=1S/C15H32N2O/c1-14(2,3)16-11-15(4,5)12-17(6)10-13-8-7-9-18-13/h13,16H,7-12H2,1-6H3. The lowest BCUT2D eigenvalue weighted by atomic mass is 9.91. The van der Waals surface area contributed by atoms with Gasteiger partial charge >= 0.3 is 0 Å². The average molecular weight is 256 g/mol. The minimum Gasteiger partial charge on any atom is -0.377 e.